The van der Waals surface area contributed by atoms with Crippen LogP contribution in [-0.4, -0.2) is 83.9 Å². The Balaban J connectivity index is 0.00000729. The molecule has 1 heterocycles. The Morgan fingerprint density at radius 2 is 1.96 bits per heavy atom. The molecule has 0 radical (unpaired) electrons. The Bertz CT molecular complexity index is 638. The van der Waals surface area contributed by atoms with Crippen LogP contribution in [0.2, 0.25) is 0 Å². The number of aliphatic hydroxyl groups excluding tert-OH is 2. The summed E-state index contributed by atoms with van der Waals surface area (Å²) in [5, 5.41) is 19.4. The molecule has 28 heavy (non-hydrogen) atoms. The zero-order valence-electron chi connectivity index (χ0n) is 17.0. The summed E-state index contributed by atoms with van der Waals surface area (Å²) in [5.41, 5.74) is 0. The van der Waals surface area contributed by atoms with E-state index in [-0.39, 0.29) is 65.4 Å². The van der Waals surface area contributed by atoms with Crippen molar-refractivity contribution in [2.24, 2.45) is 4.99 Å². The van der Waals surface area contributed by atoms with Gasteiger partial charge in [-0.05, 0) is 19.3 Å². The van der Waals surface area contributed by atoms with E-state index in [4.69, 9.17) is 0 Å². The molecule has 10 heteroatoms. The largest absolute Gasteiger partial charge is 1.00 e. The van der Waals surface area contributed by atoms with E-state index in [1.54, 1.807) is 0 Å². The first-order valence-electron chi connectivity index (χ1n) is 9.56. The van der Waals surface area contributed by atoms with Gasteiger partial charge < -0.3 is 14.8 Å². The molecule has 156 valence electrons. The van der Waals surface area contributed by atoms with Crippen LogP contribution in [0.15, 0.2) is 17.1 Å². The molecule has 0 bridgehead atoms. The van der Waals surface area contributed by atoms with E-state index in [1.807, 2.05) is 0 Å². The van der Waals surface area contributed by atoms with Gasteiger partial charge in [-0.25, -0.2) is 13.4 Å². The molecule has 1 rings (SSSR count). The van der Waals surface area contributed by atoms with Crippen LogP contribution in [0, 0.1) is 0 Å². The van der Waals surface area contributed by atoms with E-state index >= 15 is 0 Å². The second-order valence-corrected chi connectivity index (χ2v) is 8.46. The van der Waals surface area contributed by atoms with Crippen LogP contribution in [0.5, 0.6) is 0 Å². The van der Waals surface area contributed by atoms with Crippen LogP contribution in [0.4, 0.5) is 0 Å². The van der Waals surface area contributed by atoms with Gasteiger partial charge in [-0.3, -0.25) is 9.28 Å². The fourth-order valence-corrected chi connectivity index (χ4v) is 3.95. The van der Waals surface area contributed by atoms with Gasteiger partial charge >= 0.3 is 29.6 Å². The Labute approximate surface area is 190 Å². The van der Waals surface area contributed by atoms with E-state index in [9.17, 15) is 28.0 Å². The van der Waals surface area contributed by atoms with Gasteiger partial charge in [0.25, 0.3) is 5.84 Å². The number of rotatable bonds is 14. The second-order valence-electron chi connectivity index (χ2n) is 7.01. The van der Waals surface area contributed by atoms with Gasteiger partial charge in [-0.15, -0.1) is 0 Å². The summed E-state index contributed by atoms with van der Waals surface area (Å²) >= 11 is 0. The maximum Gasteiger partial charge on any atom is 1.00 e. The van der Waals surface area contributed by atoms with Gasteiger partial charge in [-0.2, -0.15) is 0 Å². The van der Waals surface area contributed by atoms with Crippen molar-refractivity contribution in [3.8, 4) is 0 Å². The SMILES string of the molecule is CCCC/C=C/CCCC(=O)C1=NCC[N+]1(CCO)CC(O)CS(=O)(=O)[O-].[Na+]. The molecule has 1 aliphatic heterocycles. The van der Waals surface area contributed by atoms with Crippen LogP contribution in [0.1, 0.15) is 45.4 Å². The molecule has 8 nitrogen and oxygen atoms in total. The van der Waals surface area contributed by atoms with Gasteiger partial charge in [0.1, 0.15) is 25.7 Å². The van der Waals surface area contributed by atoms with Crippen LogP contribution < -0.4 is 29.6 Å². The van der Waals surface area contributed by atoms with Crippen molar-refractivity contribution in [3.05, 3.63) is 12.2 Å². The molecule has 0 amide bonds. The number of unbranched alkanes of at least 4 members (excludes halogenated alkanes) is 3. The minimum atomic E-state index is -4.58. The first-order chi connectivity index (χ1) is 12.7. The number of quaternary nitrogens is 1. The van der Waals surface area contributed by atoms with Crippen molar-refractivity contribution in [1.29, 1.82) is 0 Å². The number of carbonyl (C=O) groups excluding carboxylic acids is 1. The fraction of sp³-hybridized carbons (Fsp3) is 0.778. The molecule has 0 saturated heterocycles. The summed E-state index contributed by atoms with van der Waals surface area (Å²) in [6, 6.07) is 0. The average Bonchev–Trinajstić information content (AvgIpc) is 2.95. The van der Waals surface area contributed by atoms with Crippen LogP contribution in [0.25, 0.3) is 0 Å². The molecule has 0 aromatic heterocycles. The zero-order valence-corrected chi connectivity index (χ0v) is 19.9. The minimum Gasteiger partial charge on any atom is -0.748 e. The summed E-state index contributed by atoms with van der Waals surface area (Å²) in [6.45, 7) is 2.70. The molecule has 0 aromatic carbocycles. The minimum absolute atomic E-state index is 0. The molecule has 2 N–H and O–H groups in total. The van der Waals surface area contributed by atoms with Crippen LogP contribution in [0.3, 0.4) is 0 Å². The normalized spacial score (nSPS) is 20.8. The summed E-state index contributed by atoms with van der Waals surface area (Å²) in [4.78, 5) is 16.9. The van der Waals surface area contributed by atoms with Gasteiger partial charge in [-0.1, -0.05) is 31.9 Å². The number of hydrogen-bond donors (Lipinski definition) is 2. The number of Topliss-reactive ketones (excluding diaryl/α,β-unsaturated/α-hetero) is 1. The fourth-order valence-electron chi connectivity index (χ4n) is 3.38. The predicted molar refractivity (Wildman–Crippen MR) is 102 cm³/mol. The van der Waals surface area contributed by atoms with Crippen molar-refractivity contribution in [1.82, 2.24) is 0 Å². The first-order valence-corrected chi connectivity index (χ1v) is 11.1. The standard InChI is InChI=1S/C18H32N2O6S.Na/c1-2-3-4-5-6-7-8-9-17(23)18-19-10-11-20(18,12-13-21)14-16(22)15-27(24,25)26;/h5-6,16,21-22H,2-4,7-15H2,1H3;/q;+1/b6-5+;. The summed E-state index contributed by atoms with van der Waals surface area (Å²) in [5.74, 6) is -0.802. The van der Waals surface area contributed by atoms with Gasteiger partial charge in [0.2, 0.25) is 5.78 Å². The number of aliphatic hydroxyl groups is 2. The van der Waals surface area contributed by atoms with Crippen LogP contribution in [-0.2, 0) is 14.9 Å². The first kappa shape index (κ1) is 27.9. The Hall–Kier alpha value is -0.130. The summed E-state index contributed by atoms with van der Waals surface area (Å²) < 4.78 is 32.6. The third-order valence-electron chi connectivity index (χ3n) is 4.64. The number of nitrogens with zero attached hydrogens (tertiary/aromatic N) is 2. The Morgan fingerprint density at radius 3 is 2.54 bits per heavy atom. The number of ketones is 1. The van der Waals surface area contributed by atoms with Gasteiger partial charge in [0, 0.05) is 6.42 Å². The molecule has 0 spiro atoms. The molecule has 2 atom stereocenters. The van der Waals surface area contributed by atoms with E-state index in [0.29, 0.717) is 25.9 Å². The second kappa shape index (κ2) is 14.0. The smallest absolute Gasteiger partial charge is 0.748 e. The third-order valence-corrected chi connectivity index (χ3v) is 5.43. The molecule has 0 aromatic rings. The number of aliphatic imine (C=N–C) groups is 1. The molecule has 1 aliphatic rings. The third kappa shape index (κ3) is 10.1. The number of allylic oxidation sites excluding steroid dienone is 2. The number of hydrogen-bond acceptors (Lipinski definition) is 7. The maximum absolute atomic E-state index is 12.6. The van der Waals surface area contributed by atoms with E-state index in [2.05, 4.69) is 24.1 Å². The van der Waals surface area contributed by atoms with Gasteiger partial charge in [0.05, 0.1) is 29.0 Å². The van der Waals surface area contributed by atoms with E-state index in [0.717, 1.165) is 25.7 Å². The Kier molecular flexibility index (Phi) is 13.9. The summed E-state index contributed by atoms with van der Waals surface area (Å²) in [6.07, 6.45) is 7.88. The molecule has 0 aliphatic carbocycles. The van der Waals surface area contributed by atoms with Crippen molar-refractivity contribution in [3.63, 3.8) is 0 Å². The molecular weight excluding hydrogens is 395 g/mol. The Morgan fingerprint density at radius 1 is 1.32 bits per heavy atom. The van der Waals surface area contributed by atoms with Crippen molar-refractivity contribution in [2.75, 3.05) is 38.5 Å². The molecule has 0 saturated carbocycles. The van der Waals surface area contributed by atoms with E-state index < -0.39 is 22.0 Å². The molecular formula is C18H32N2NaO6S+. The molecule has 0 fully saturated rings. The predicted octanol–water partition coefficient (Wildman–Crippen LogP) is -2.40. The van der Waals surface area contributed by atoms with Crippen molar-refractivity contribution >= 4 is 21.7 Å². The summed E-state index contributed by atoms with van der Waals surface area (Å²) in [7, 11) is -4.58. The molecule has 2 unspecified atom stereocenters. The number of carbonyl (C=O) groups is 1. The quantitative estimate of drug-likeness (QED) is 0.105. The van der Waals surface area contributed by atoms with Crippen LogP contribution >= 0.6 is 0 Å². The van der Waals surface area contributed by atoms with Crippen molar-refractivity contribution < 1.29 is 62.0 Å². The van der Waals surface area contributed by atoms with Crippen molar-refractivity contribution in [2.45, 2.75) is 51.6 Å². The van der Waals surface area contributed by atoms with Gasteiger partial charge in [0.15, 0.2) is 0 Å². The van der Waals surface area contributed by atoms with E-state index in [1.165, 1.54) is 0 Å². The monoisotopic (exact) mass is 427 g/mol. The topological polar surface area (TPSA) is 127 Å². The maximum atomic E-state index is 12.6. The zero-order chi connectivity index (χ0) is 20.3. The average molecular weight is 428 g/mol. The number of amidine groups is 1.